The van der Waals surface area contributed by atoms with Gasteiger partial charge in [-0.2, -0.15) is 0 Å². The van der Waals surface area contributed by atoms with Crippen LogP contribution in [0.4, 0.5) is 5.69 Å². The first-order valence-electron chi connectivity index (χ1n) is 3.38. The maximum Gasteiger partial charge on any atom is 0.345 e. The van der Waals surface area contributed by atoms with Gasteiger partial charge in [-0.05, 0) is 6.07 Å². The van der Waals surface area contributed by atoms with Crippen molar-refractivity contribution in [3.05, 3.63) is 15.8 Å². The highest BCUT2D eigenvalue weighted by molar-refractivity contribution is 7.16. The summed E-state index contributed by atoms with van der Waals surface area (Å²) >= 11 is 1.23. The normalized spacial score (nSPS) is 13.7. The molecule has 1 aromatic heterocycles. The number of nitrogens with zero attached hydrogens (tertiary/aromatic N) is 1. The van der Waals surface area contributed by atoms with Crippen molar-refractivity contribution < 1.29 is 9.90 Å². The number of hydrogen-bond acceptors (Lipinski definition) is 4. The molecule has 0 bridgehead atoms. The highest BCUT2D eigenvalue weighted by Crippen LogP contribution is 2.27. The van der Waals surface area contributed by atoms with Crippen LogP contribution in [-0.2, 0) is 0 Å². The van der Waals surface area contributed by atoms with E-state index in [4.69, 9.17) is 5.11 Å². The van der Waals surface area contributed by atoms with Gasteiger partial charge in [0.15, 0.2) is 0 Å². The van der Waals surface area contributed by atoms with E-state index in [0.29, 0.717) is 11.5 Å². The average molecular weight is 182 g/mol. The Morgan fingerprint density at radius 3 is 3.25 bits per heavy atom. The topological polar surface area (TPSA) is 61.7 Å². The lowest BCUT2D eigenvalue weighted by atomic mass is 10.3. The molecule has 0 amide bonds. The fourth-order valence-electron chi connectivity index (χ4n) is 1.00. The Balaban J connectivity index is 2.46. The molecule has 0 spiro atoms. The summed E-state index contributed by atoms with van der Waals surface area (Å²) in [7, 11) is 0. The zero-order valence-corrected chi connectivity index (χ0v) is 6.89. The van der Waals surface area contributed by atoms with Crippen molar-refractivity contribution in [2.24, 2.45) is 4.99 Å². The number of fused-ring (bicyclic) bond motifs is 1. The van der Waals surface area contributed by atoms with Crippen molar-refractivity contribution in [3.63, 3.8) is 0 Å². The molecule has 4 nitrogen and oxygen atoms in total. The van der Waals surface area contributed by atoms with Crippen LogP contribution in [0.5, 0.6) is 0 Å². The minimum Gasteiger partial charge on any atom is -0.477 e. The molecule has 0 unspecified atom stereocenters. The fraction of sp³-hybridized carbons (Fsp3) is 0.143. The van der Waals surface area contributed by atoms with Gasteiger partial charge in [0.1, 0.15) is 11.5 Å². The van der Waals surface area contributed by atoms with Crippen molar-refractivity contribution in [2.75, 3.05) is 12.0 Å². The van der Waals surface area contributed by atoms with Crippen molar-refractivity contribution in [2.45, 2.75) is 0 Å². The van der Waals surface area contributed by atoms with Gasteiger partial charge in [-0.3, -0.25) is 4.99 Å². The molecule has 0 atom stereocenters. The number of aliphatic imine (C=N–C) groups is 1. The molecule has 2 heterocycles. The number of carbonyl (C=O) groups is 1. The summed E-state index contributed by atoms with van der Waals surface area (Å²) in [5, 5.41) is 11.7. The monoisotopic (exact) mass is 182 g/mol. The number of aromatic carboxylic acids is 1. The van der Waals surface area contributed by atoms with Gasteiger partial charge in [-0.1, -0.05) is 0 Å². The number of carboxylic acid groups (broad SMARTS) is 1. The molecule has 0 aliphatic carbocycles. The van der Waals surface area contributed by atoms with E-state index in [-0.39, 0.29) is 0 Å². The van der Waals surface area contributed by atoms with Crippen LogP contribution >= 0.6 is 11.3 Å². The van der Waals surface area contributed by atoms with Crippen LogP contribution in [0.25, 0.3) is 0 Å². The van der Waals surface area contributed by atoms with Crippen molar-refractivity contribution in [1.82, 2.24) is 0 Å². The van der Waals surface area contributed by atoms with Gasteiger partial charge in [0.05, 0.1) is 10.6 Å². The molecule has 1 aromatic rings. The number of thiophene rings is 1. The lowest BCUT2D eigenvalue weighted by molar-refractivity contribution is 0.0702. The van der Waals surface area contributed by atoms with Crippen LogP contribution in [0.3, 0.4) is 0 Å². The predicted octanol–water partition coefficient (Wildman–Crippen LogP) is 1.25. The summed E-state index contributed by atoms with van der Waals surface area (Å²) in [6.07, 6.45) is 1.70. The number of rotatable bonds is 1. The molecule has 1 aliphatic rings. The zero-order chi connectivity index (χ0) is 8.55. The molecule has 2 rings (SSSR count). The third-order valence-electron chi connectivity index (χ3n) is 1.54. The van der Waals surface area contributed by atoms with Crippen LogP contribution in [0.1, 0.15) is 14.5 Å². The Morgan fingerprint density at radius 2 is 2.58 bits per heavy atom. The molecular weight excluding hydrogens is 176 g/mol. The minimum atomic E-state index is -0.885. The second-order valence-corrected chi connectivity index (χ2v) is 3.42. The summed E-state index contributed by atoms with van der Waals surface area (Å²) in [6, 6.07) is 1.63. The van der Waals surface area contributed by atoms with Crippen LogP contribution in [0, 0.1) is 0 Å². The smallest absolute Gasteiger partial charge is 0.345 e. The third kappa shape index (κ3) is 1.08. The summed E-state index contributed by atoms with van der Waals surface area (Å²) in [5.74, 6) is -0.885. The zero-order valence-electron chi connectivity index (χ0n) is 6.07. The SMILES string of the molecule is O=C(O)c1cc2c(s1)C=NCN2. The van der Waals surface area contributed by atoms with Crippen molar-refractivity contribution in [3.8, 4) is 0 Å². The Bertz CT molecular complexity index is 356. The standard InChI is InChI=1S/C7H6N2O2S/c10-7(11)5-1-4-6(12-5)2-8-3-9-4/h1-2,9H,3H2,(H,10,11). The number of carboxylic acids is 1. The molecule has 0 saturated heterocycles. The van der Waals surface area contributed by atoms with Crippen LogP contribution in [0.15, 0.2) is 11.1 Å². The number of nitrogens with one attached hydrogen (secondary N) is 1. The van der Waals surface area contributed by atoms with Gasteiger partial charge >= 0.3 is 5.97 Å². The second kappa shape index (κ2) is 2.60. The van der Waals surface area contributed by atoms with E-state index < -0.39 is 5.97 Å². The molecule has 0 saturated carbocycles. The molecule has 0 aromatic carbocycles. The molecule has 1 aliphatic heterocycles. The summed E-state index contributed by atoms with van der Waals surface area (Å²) in [6.45, 7) is 0.531. The van der Waals surface area contributed by atoms with E-state index in [2.05, 4.69) is 10.3 Å². The minimum absolute atomic E-state index is 0.348. The first kappa shape index (κ1) is 7.30. The first-order chi connectivity index (χ1) is 5.77. The maximum atomic E-state index is 10.6. The highest BCUT2D eigenvalue weighted by Gasteiger charge is 2.13. The summed E-state index contributed by atoms with van der Waals surface area (Å²) in [5.41, 5.74) is 0.868. The fourth-order valence-corrected chi connectivity index (χ4v) is 1.87. The Hall–Kier alpha value is -1.36. The third-order valence-corrected chi connectivity index (χ3v) is 2.60. The number of hydrogen-bond donors (Lipinski definition) is 2. The Morgan fingerprint density at radius 1 is 1.75 bits per heavy atom. The molecular formula is C7H6N2O2S. The Labute approximate surface area is 72.6 Å². The van der Waals surface area contributed by atoms with Crippen molar-refractivity contribution >= 4 is 29.2 Å². The molecule has 12 heavy (non-hydrogen) atoms. The molecule has 2 N–H and O–H groups in total. The summed E-state index contributed by atoms with van der Waals surface area (Å²) < 4.78 is 0. The molecule has 0 fully saturated rings. The van der Waals surface area contributed by atoms with Crippen molar-refractivity contribution in [1.29, 1.82) is 0 Å². The quantitative estimate of drug-likeness (QED) is 0.687. The van der Waals surface area contributed by atoms with Crippen LogP contribution in [-0.4, -0.2) is 24.0 Å². The van der Waals surface area contributed by atoms with E-state index in [9.17, 15) is 4.79 Å². The predicted molar refractivity (Wildman–Crippen MR) is 47.4 cm³/mol. The van der Waals surface area contributed by atoms with Gasteiger partial charge in [0, 0.05) is 6.21 Å². The van der Waals surface area contributed by atoms with E-state index in [0.717, 1.165) is 10.6 Å². The molecule has 5 heteroatoms. The van der Waals surface area contributed by atoms with E-state index in [1.807, 2.05) is 0 Å². The number of anilines is 1. The second-order valence-electron chi connectivity index (χ2n) is 2.34. The van der Waals surface area contributed by atoms with Gasteiger partial charge in [-0.15, -0.1) is 11.3 Å². The molecule has 62 valence electrons. The lowest BCUT2D eigenvalue weighted by Gasteiger charge is -2.05. The average Bonchev–Trinajstić information content (AvgIpc) is 2.46. The van der Waals surface area contributed by atoms with Gasteiger partial charge in [0.25, 0.3) is 0 Å². The maximum absolute atomic E-state index is 10.6. The Kier molecular flexibility index (Phi) is 1.58. The van der Waals surface area contributed by atoms with E-state index in [1.165, 1.54) is 11.3 Å². The largest absolute Gasteiger partial charge is 0.477 e. The first-order valence-corrected chi connectivity index (χ1v) is 4.20. The van der Waals surface area contributed by atoms with Crippen LogP contribution < -0.4 is 5.32 Å². The molecule has 0 radical (unpaired) electrons. The van der Waals surface area contributed by atoms with Gasteiger partial charge in [-0.25, -0.2) is 4.79 Å². The summed E-state index contributed by atoms with van der Waals surface area (Å²) in [4.78, 5) is 15.8. The van der Waals surface area contributed by atoms with Gasteiger partial charge in [0.2, 0.25) is 0 Å². The lowest BCUT2D eigenvalue weighted by Crippen LogP contribution is -2.04. The highest BCUT2D eigenvalue weighted by atomic mass is 32.1. The van der Waals surface area contributed by atoms with Gasteiger partial charge < -0.3 is 10.4 Å². The van der Waals surface area contributed by atoms with Crippen LogP contribution in [0.2, 0.25) is 0 Å². The van der Waals surface area contributed by atoms with E-state index >= 15 is 0 Å². The van der Waals surface area contributed by atoms with E-state index in [1.54, 1.807) is 12.3 Å².